The SMILES string of the molecule is Cc1ccsc1CN(CC1CCCO1)C(=O)CC(C)C1CCc2cc(F)c(F)cc21. The number of fused-ring (bicyclic) bond motifs is 1. The Balaban J connectivity index is 1.46. The van der Waals surface area contributed by atoms with Crippen molar-refractivity contribution in [2.75, 3.05) is 13.2 Å². The summed E-state index contributed by atoms with van der Waals surface area (Å²) in [7, 11) is 0. The highest BCUT2D eigenvalue weighted by Crippen LogP contribution is 2.40. The zero-order valence-electron chi connectivity index (χ0n) is 17.6. The maximum atomic E-state index is 13.8. The fourth-order valence-electron chi connectivity index (χ4n) is 4.80. The van der Waals surface area contributed by atoms with E-state index in [1.165, 1.54) is 22.6 Å². The lowest BCUT2D eigenvalue weighted by atomic mass is 9.86. The molecule has 4 rings (SSSR count). The van der Waals surface area contributed by atoms with E-state index in [4.69, 9.17) is 4.74 Å². The van der Waals surface area contributed by atoms with Crippen molar-refractivity contribution in [2.24, 2.45) is 5.92 Å². The third kappa shape index (κ3) is 4.59. The van der Waals surface area contributed by atoms with Gasteiger partial charge in [0.2, 0.25) is 5.91 Å². The maximum absolute atomic E-state index is 13.8. The second kappa shape index (κ2) is 9.15. The van der Waals surface area contributed by atoms with Gasteiger partial charge in [-0.25, -0.2) is 8.78 Å². The topological polar surface area (TPSA) is 29.5 Å². The molecule has 3 atom stereocenters. The van der Waals surface area contributed by atoms with Crippen LogP contribution in [-0.2, 0) is 22.5 Å². The number of carbonyl (C=O) groups is 1. The van der Waals surface area contributed by atoms with E-state index in [0.29, 0.717) is 19.5 Å². The molecule has 2 heterocycles. The zero-order valence-corrected chi connectivity index (χ0v) is 18.4. The first kappa shape index (κ1) is 21.4. The Morgan fingerprint density at radius 2 is 2.10 bits per heavy atom. The smallest absolute Gasteiger partial charge is 0.223 e. The van der Waals surface area contributed by atoms with Gasteiger partial charge in [0.05, 0.1) is 12.6 Å². The summed E-state index contributed by atoms with van der Waals surface area (Å²) in [6, 6.07) is 4.74. The molecule has 1 aliphatic heterocycles. The summed E-state index contributed by atoms with van der Waals surface area (Å²) in [6.07, 6.45) is 4.12. The van der Waals surface area contributed by atoms with Crippen molar-refractivity contribution < 1.29 is 18.3 Å². The number of ether oxygens (including phenoxy) is 1. The Kier molecular flexibility index (Phi) is 6.54. The summed E-state index contributed by atoms with van der Waals surface area (Å²) in [5, 5.41) is 2.06. The second-order valence-corrected chi connectivity index (χ2v) is 9.73. The molecular formula is C24H29F2NO2S. The van der Waals surface area contributed by atoms with Gasteiger partial charge in [-0.05, 0) is 84.7 Å². The molecule has 2 aromatic rings. The van der Waals surface area contributed by atoms with E-state index in [2.05, 4.69) is 25.3 Å². The summed E-state index contributed by atoms with van der Waals surface area (Å²) < 4.78 is 33.2. The van der Waals surface area contributed by atoms with Crippen molar-refractivity contribution in [2.45, 2.75) is 64.5 Å². The summed E-state index contributed by atoms with van der Waals surface area (Å²) >= 11 is 1.68. The number of hydrogen-bond donors (Lipinski definition) is 0. The molecule has 0 bridgehead atoms. The van der Waals surface area contributed by atoms with Crippen molar-refractivity contribution >= 4 is 17.2 Å². The minimum absolute atomic E-state index is 0.0695. The lowest BCUT2D eigenvalue weighted by Crippen LogP contribution is -2.38. The molecule has 0 spiro atoms. The third-order valence-corrected chi connectivity index (χ3v) is 7.60. The highest BCUT2D eigenvalue weighted by atomic mass is 32.1. The van der Waals surface area contributed by atoms with Gasteiger partial charge in [-0.2, -0.15) is 0 Å². The number of hydrogen-bond acceptors (Lipinski definition) is 3. The summed E-state index contributed by atoms with van der Waals surface area (Å²) in [6.45, 7) is 6.12. The van der Waals surface area contributed by atoms with Gasteiger partial charge >= 0.3 is 0 Å². The maximum Gasteiger partial charge on any atom is 0.223 e. The first-order valence-electron chi connectivity index (χ1n) is 10.8. The first-order valence-corrected chi connectivity index (χ1v) is 11.7. The monoisotopic (exact) mass is 433 g/mol. The molecule has 30 heavy (non-hydrogen) atoms. The van der Waals surface area contributed by atoms with Gasteiger partial charge in [0.25, 0.3) is 0 Å². The van der Waals surface area contributed by atoms with Crippen LogP contribution in [-0.4, -0.2) is 30.1 Å². The average molecular weight is 434 g/mol. The number of thiophene rings is 1. The van der Waals surface area contributed by atoms with Crippen LogP contribution in [0.2, 0.25) is 0 Å². The van der Waals surface area contributed by atoms with Crippen molar-refractivity contribution in [3.63, 3.8) is 0 Å². The predicted molar refractivity (Wildman–Crippen MR) is 115 cm³/mol. The van der Waals surface area contributed by atoms with Gasteiger partial charge < -0.3 is 9.64 Å². The number of aryl methyl sites for hydroxylation is 2. The summed E-state index contributed by atoms with van der Waals surface area (Å²) in [4.78, 5) is 16.5. The van der Waals surface area contributed by atoms with E-state index in [0.717, 1.165) is 43.4 Å². The predicted octanol–water partition coefficient (Wildman–Crippen LogP) is 5.60. The molecule has 0 saturated carbocycles. The van der Waals surface area contributed by atoms with Gasteiger partial charge in [-0.3, -0.25) is 4.79 Å². The Hall–Kier alpha value is -1.79. The van der Waals surface area contributed by atoms with Crippen LogP contribution in [0.25, 0.3) is 0 Å². The Bertz CT molecular complexity index is 907. The number of halogens is 2. The molecule has 1 amide bonds. The van der Waals surface area contributed by atoms with E-state index in [9.17, 15) is 13.6 Å². The van der Waals surface area contributed by atoms with Crippen molar-refractivity contribution in [1.29, 1.82) is 0 Å². The highest BCUT2D eigenvalue weighted by molar-refractivity contribution is 7.10. The van der Waals surface area contributed by atoms with E-state index < -0.39 is 11.6 Å². The standard InChI is InChI=1S/C24H29F2NO2S/c1-15-7-9-30-23(15)14-27(13-18-4-3-8-29-18)24(28)10-16(2)19-6-5-17-11-21(25)22(26)12-20(17)19/h7,9,11-12,16,18-19H,3-6,8,10,13-14H2,1-2H3. The van der Waals surface area contributed by atoms with Crippen LogP contribution in [0, 0.1) is 24.5 Å². The first-order chi connectivity index (χ1) is 14.4. The summed E-state index contributed by atoms with van der Waals surface area (Å²) in [5.74, 6) is -1.31. The van der Waals surface area contributed by atoms with Crippen LogP contribution < -0.4 is 0 Å². The second-order valence-electron chi connectivity index (χ2n) is 8.73. The molecule has 1 aromatic carbocycles. The van der Waals surface area contributed by atoms with Crippen LogP contribution in [0.3, 0.4) is 0 Å². The van der Waals surface area contributed by atoms with Crippen molar-refractivity contribution in [3.8, 4) is 0 Å². The number of rotatable bonds is 7. The molecule has 3 unspecified atom stereocenters. The number of amides is 1. The van der Waals surface area contributed by atoms with E-state index in [1.807, 2.05) is 4.90 Å². The van der Waals surface area contributed by atoms with Gasteiger partial charge in [0.15, 0.2) is 11.6 Å². The van der Waals surface area contributed by atoms with E-state index in [-0.39, 0.29) is 23.8 Å². The fraction of sp³-hybridized carbons (Fsp3) is 0.542. The lowest BCUT2D eigenvalue weighted by molar-refractivity contribution is -0.134. The molecule has 0 N–H and O–H groups in total. The van der Waals surface area contributed by atoms with Gasteiger partial charge in [-0.1, -0.05) is 6.92 Å². The van der Waals surface area contributed by atoms with Crippen molar-refractivity contribution in [1.82, 2.24) is 4.90 Å². The average Bonchev–Trinajstić information content (AvgIpc) is 3.44. The molecule has 1 aromatic heterocycles. The lowest BCUT2D eigenvalue weighted by Gasteiger charge is -2.28. The minimum atomic E-state index is -0.799. The largest absolute Gasteiger partial charge is 0.376 e. The number of benzene rings is 1. The normalized spacial score (nSPS) is 21.6. The number of carbonyl (C=O) groups excluding carboxylic acids is 1. The molecule has 6 heteroatoms. The molecule has 162 valence electrons. The van der Waals surface area contributed by atoms with Crippen molar-refractivity contribution in [3.05, 3.63) is 56.8 Å². The van der Waals surface area contributed by atoms with Gasteiger partial charge in [0, 0.05) is 24.4 Å². The molecule has 1 aliphatic carbocycles. The van der Waals surface area contributed by atoms with Crippen LogP contribution in [0.1, 0.15) is 60.1 Å². The molecule has 0 radical (unpaired) electrons. The van der Waals surface area contributed by atoms with Gasteiger partial charge in [0.1, 0.15) is 0 Å². The molecular weight excluding hydrogens is 404 g/mol. The number of nitrogens with zero attached hydrogens (tertiary/aromatic N) is 1. The minimum Gasteiger partial charge on any atom is -0.376 e. The molecule has 3 nitrogen and oxygen atoms in total. The van der Waals surface area contributed by atoms with Gasteiger partial charge in [-0.15, -0.1) is 11.3 Å². The third-order valence-electron chi connectivity index (χ3n) is 6.59. The molecule has 2 aliphatic rings. The van der Waals surface area contributed by atoms with E-state index in [1.54, 1.807) is 11.3 Å². The fourth-order valence-corrected chi connectivity index (χ4v) is 5.72. The van der Waals surface area contributed by atoms with Crippen LogP contribution in [0.4, 0.5) is 8.78 Å². The van der Waals surface area contributed by atoms with Crippen LogP contribution in [0.5, 0.6) is 0 Å². The molecule has 1 saturated heterocycles. The van der Waals surface area contributed by atoms with E-state index >= 15 is 0 Å². The Labute approximate surface area is 181 Å². The zero-order chi connectivity index (χ0) is 21.3. The van der Waals surface area contributed by atoms with Crippen LogP contribution in [0.15, 0.2) is 23.6 Å². The molecule has 1 fully saturated rings. The Morgan fingerprint density at radius 1 is 1.30 bits per heavy atom. The summed E-state index contributed by atoms with van der Waals surface area (Å²) in [5.41, 5.74) is 2.96. The Morgan fingerprint density at radius 3 is 2.80 bits per heavy atom. The quantitative estimate of drug-likeness (QED) is 0.569. The van der Waals surface area contributed by atoms with Crippen LogP contribution >= 0.6 is 11.3 Å². The highest BCUT2D eigenvalue weighted by Gasteiger charge is 2.32.